The predicted octanol–water partition coefficient (Wildman–Crippen LogP) is 1.07. The number of nitrogens with two attached hydrogens (primary N) is 1. The molecular weight excluding hydrogens is 488 g/mol. The number of ether oxygens (including phenoxy) is 3. The molecule has 1 heterocycles. The van der Waals surface area contributed by atoms with E-state index in [1.54, 1.807) is 21.3 Å². The van der Waals surface area contributed by atoms with Gasteiger partial charge in [-0.05, 0) is 40.6 Å². The summed E-state index contributed by atoms with van der Waals surface area (Å²) in [6.45, 7) is 0. The van der Waals surface area contributed by atoms with Crippen LogP contribution in [0.15, 0.2) is 60.7 Å². The molecule has 0 aliphatic heterocycles. The first-order valence-electron chi connectivity index (χ1n) is 10.9. The summed E-state index contributed by atoms with van der Waals surface area (Å²) in [5.41, 5.74) is 12.0. The summed E-state index contributed by atoms with van der Waals surface area (Å²) >= 11 is 0. The van der Waals surface area contributed by atoms with Crippen molar-refractivity contribution in [2.24, 2.45) is 0 Å². The van der Waals surface area contributed by atoms with Gasteiger partial charge in [-0.25, -0.2) is 4.98 Å². The SMILES string of the molecule is COc1cc(C2Cc3ccccc3-c3nc(N)c4ccccc4c32)cc(OC)c1OC.[O-][Cl+3]([O-])([O-])O. The number of methoxy groups -OCH3 is 3. The van der Waals surface area contributed by atoms with Gasteiger partial charge in [-0.15, -0.1) is 0 Å². The van der Waals surface area contributed by atoms with Gasteiger partial charge in [0.05, 0.1) is 41.9 Å². The highest BCUT2D eigenvalue weighted by molar-refractivity contribution is 5.98. The Kier molecular flexibility index (Phi) is 7.21. The van der Waals surface area contributed by atoms with E-state index in [2.05, 4.69) is 36.4 Å². The average Bonchev–Trinajstić information content (AvgIpc) is 2.86. The topological polar surface area (TPSA) is 156 Å². The fourth-order valence-corrected chi connectivity index (χ4v) is 4.71. The molecule has 188 valence electrons. The highest BCUT2D eigenvalue weighted by Gasteiger charge is 2.31. The van der Waals surface area contributed by atoms with E-state index in [-0.39, 0.29) is 5.92 Å². The summed E-state index contributed by atoms with van der Waals surface area (Å²) in [7, 11) is 0.206. The Morgan fingerprint density at radius 3 is 2.03 bits per heavy atom. The van der Waals surface area contributed by atoms with Crippen molar-refractivity contribution in [3.63, 3.8) is 0 Å². The van der Waals surface area contributed by atoms with Crippen molar-refractivity contribution in [3.05, 3.63) is 77.4 Å². The quantitative estimate of drug-likeness (QED) is 0.408. The number of fused-ring (bicyclic) bond motifs is 5. The zero-order valence-corrected chi connectivity index (χ0v) is 20.6. The van der Waals surface area contributed by atoms with Crippen molar-refractivity contribution in [1.82, 2.24) is 4.98 Å². The monoisotopic (exact) mass is 512 g/mol. The second-order valence-corrected chi connectivity index (χ2v) is 8.87. The number of rotatable bonds is 4. The van der Waals surface area contributed by atoms with Crippen LogP contribution in [0.2, 0.25) is 0 Å². The first-order chi connectivity index (χ1) is 17.2. The van der Waals surface area contributed by atoms with Crippen molar-refractivity contribution < 1.29 is 43.1 Å². The van der Waals surface area contributed by atoms with Gasteiger partial charge in [0.2, 0.25) is 5.75 Å². The predicted molar refractivity (Wildman–Crippen MR) is 125 cm³/mol. The molecule has 4 aromatic rings. The van der Waals surface area contributed by atoms with Crippen LogP contribution in [-0.2, 0) is 6.42 Å². The molecule has 0 amide bonds. The molecule has 9 nitrogen and oxygen atoms in total. The number of nitrogen functional groups attached to an aromatic ring is 1. The number of pyridine rings is 1. The molecular formula is C26H25ClN2O7. The van der Waals surface area contributed by atoms with E-state index in [9.17, 15) is 0 Å². The average molecular weight is 513 g/mol. The van der Waals surface area contributed by atoms with Crippen molar-refractivity contribution in [2.75, 3.05) is 27.1 Å². The van der Waals surface area contributed by atoms with Crippen molar-refractivity contribution in [3.8, 4) is 28.5 Å². The minimum absolute atomic E-state index is 0.0663. The number of aromatic nitrogens is 1. The Labute approximate surface area is 210 Å². The van der Waals surface area contributed by atoms with Crippen LogP contribution in [0, 0.1) is 10.2 Å². The van der Waals surface area contributed by atoms with E-state index in [4.69, 9.17) is 43.6 Å². The fourth-order valence-electron chi connectivity index (χ4n) is 4.71. The van der Waals surface area contributed by atoms with Crippen LogP contribution < -0.4 is 33.9 Å². The fraction of sp³-hybridized carbons (Fsp3) is 0.192. The van der Waals surface area contributed by atoms with Crippen LogP contribution in [0.25, 0.3) is 22.0 Å². The van der Waals surface area contributed by atoms with Gasteiger partial charge in [0.15, 0.2) is 11.5 Å². The third-order valence-electron chi connectivity index (χ3n) is 6.11. The molecule has 36 heavy (non-hydrogen) atoms. The van der Waals surface area contributed by atoms with Gasteiger partial charge >= 0.3 is 0 Å². The normalized spacial score (nSPS) is 14.2. The Bertz CT molecular complexity index is 1370. The molecule has 1 aromatic heterocycles. The van der Waals surface area contributed by atoms with Gasteiger partial charge in [0.25, 0.3) is 0 Å². The Morgan fingerprint density at radius 1 is 0.889 bits per heavy atom. The van der Waals surface area contributed by atoms with Gasteiger partial charge in [-0.2, -0.15) is 14.0 Å². The lowest BCUT2D eigenvalue weighted by molar-refractivity contribution is -1.92. The molecule has 5 rings (SSSR count). The summed E-state index contributed by atoms with van der Waals surface area (Å²) in [5, 5.41) is 2.09. The van der Waals surface area contributed by atoms with Crippen molar-refractivity contribution in [1.29, 1.82) is 0 Å². The van der Waals surface area contributed by atoms with E-state index in [0.717, 1.165) is 34.0 Å². The molecule has 0 saturated heterocycles. The molecule has 0 saturated carbocycles. The molecule has 0 spiro atoms. The zero-order valence-electron chi connectivity index (χ0n) is 19.9. The van der Waals surface area contributed by atoms with E-state index in [1.165, 1.54) is 11.1 Å². The van der Waals surface area contributed by atoms with Crippen LogP contribution >= 0.6 is 0 Å². The number of halogens is 1. The lowest BCUT2D eigenvalue weighted by Gasteiger charge is -2.30. The van der Waals surface area contributed by atoms with Gasteiger partial charge < -0.3 is 19.9 Å². The molecule has 3 N–H and O–H groups in total. The Morgan fingerprint density at radius 2 is 1.44 bits per heavy atom. The van der Waals surface area contributed by atoms with E-state index >= 15 is 0 Å². The maximum absolute atomic E-state index is 8.60. The van der Waals surface area contributed by atoms with Crippen LogP contribution in [0.5, 0.6) is 17.2 Å². The highest BCUT2D eigenvalue weighted by atomic mass is 35.7. The minimum Gasteiger partial charge on any atom is -0.493 e. The van der Waals surface area contributed by atoms with E-state index in [1.807, 2.05) is 24.3 Å². The highest BCUT2D eigenvalue weighted by Crippen LogP contribution is 2.48. The van der Waals surface area contributed by atoms with Crippen LogP contribution in [0.1, 0.15) is 22.6 Å². The molecule has 0 bridgehead atoms. The molecule has 0 radical (unpaired) electrons. The zero-order chi connectivity index (χ0) is 26.0. The first-order valence-corrected chi connectivity index (χ1v) is 12.1. The van der Waals surface area contributed by atoms with E-state index < -0.39 is 10.2 Å². The Hall–Kier alpha value is -3.60. The lowest BCUT2D eigenvalue weighted by atomic mass is 9.76. The second kappa shape index (κ2) is 10.2. The van der Waals surface area contributed by atoms with Gasteiger partial charge in [-0.3, -0.25) is 0 Å². The van der Waals surface area contributed by atoms with Crippen LogP contribution in [0.4, 0.5) is 5.82 Å². The summed E-state index contributed by atoms with van der Waals surface area (Å²) in [5.74, 6) is 2.49. The number of hydrogen-bond donors (Lipinski definition) is 2. The standard InChI is InChI=1S/C26H24N2O3.ClHO4/c1-29-21-13-16(14-22(30-2)25(21)31-3)20-12-15-8-4-5-9-17(15)24-23(20)18-10-6-7-11-19(18)26(27)28-24;2-1(3,4)5/h4-11,13-14,20H,12H2,1-3H3,(H2,27,28);(H,2,3,4,5). The second-order valence-electron chi connectivity index (χ2n) is 8.07. The summed E-state index contributed by atoms with van der Waals surface area (Å²) in [6, 6.07) is 20.7. The molecule has 10 heteroatoms. The summed E-state index contributed by atoms with van der Waals surface area (Å²) in [6.07, 6.45) is 0.845. The van der Waals surface area contributed by atoms with Crippen LogP contribution in [0.3, 0.4) is 0 Å². The van der Waals surface area contributed by atoms with Gasteiger partial charge in [0.1, 0.15) is 5.82 Å². The van der Waals surface area contributed by atoms with Crippen molar-refractivity contribution in [2.45, 2.75) is 12.3 Å². The number of benzene rings is 3. The molecule has 1 aliphatic rings. The molecule has 1 unspecified atom stereocenters. The van der Waals surface area contributed by atoms with Gasteiger partial charge in [0, 0.05) is 16.9 Å². The Balaban J connectivity index is 0.000000556. The van der Waals surface area contributed by atoms with E-state index in [0.29, 0.717) is 23.1 Å². The summed E-state index contributed by atoms with van der Waals surface area (Å²) < 4.78 is 49.5. The smallest absolute Gasteiger partial charge is 0.203 e. The lowest BCUT2D eigenvalue weighted by Crippen LogP contribution is -2.58. The molecule has 1 aliphatic carbocycles. The molecule has 1 atom stereocenters. The first kappa shape index (κ1) is 25.5. The number of anilines is 1. The number of hydrogen-bond acceptors (Lipinski definition) is 9. The largest absolute Gasteiger partial charge is 0.493 e. The maximum atomic E-state index is 8.60. The van der Waals surface area contributed by atoms with Crippen LogP contribution in [-0.4, -0.2) is 31.0 Å². The van der Waals surface area contributed by atoms with Gasteiger partial charge in [-0.1, -0.05) is 48.5 Å². The van der Waals surface area contributed by atoms with Crippen molar-refractivity contribution >= 4 is 16.6 Å². The third kappa shape index (κ3) is 5.01. The third-order valence-corrected chi connectivity index (χ3v) is 6.11. The maximum Gasteiger partial charge on any atom is 0.203 e. The molecule has 3 aromatic carbocycles. The summed E-state index contributed by atoms with van der Waals surface area (Å²) in [4.78, 5) is 4.87. The number of nitrogens with zero attached hydrogens (tertiary/aromatic N) is 1. The minimum atomic E-state index is -4.69. The molecule has 0 fully saturated rings.